The molecule has 0 aliphatic rings. The fraction of sp³-hybridized carbons (Fsp3) is 0. The molecule has 0 saturated heterocycles. The van der Waals surface area contributed by atoms with Gasteiger partial charge in [-0.1, -0.05) is 164 Å². The average Bonchev–Trinajstić information content (AvgIpc) is 3.84. The standard InChI is InChI=1S/C54H36N2S/c1-3-16-37(17-4-1)40-20-15-21-42(36-40)56(48-26-11-7-22-43(48)38-18-5-2-6-19-38)51-35-34-44(54-53(51)47-25-10-14-29-52(47)57-54)39-30-32-41(33-31-39)55-49-27-12-8-23-45(49)46-24-9-13-28-50(46)55/h1-36H. The van der Waals surface area contributed by atoms with E-state index in [1.165, 1.54) is 75.4 Å². The summed E-state index contributed by atoms with van der Waals surface area (Å²) in [5.41, 5.74) is 14.2. The van der Waals surface area contributed by atoms with Crippen LogP contribution in [0.1, 0.15) is 0 Å². The molecule has 57 heavy (non-hydrogen) atoms. The summed E-state index contributed by atoms with van der Waals surface area (Å²) in [7, 11) is 0. The Morgan fingerprint density at radius 3 is 1.68 bits per heavy atom. The zero-order valence-corrected chi connectivity index (χ0v) is 31.9. The van der Waals surface area contributed by atoms with Crippen molar-refractivity contribution in [2.75, 3.05) is 4.90 Å². The molecule has 0 amide bonds. The number of anilines is 3. The smallest absolute Gasteiger partial charge is 0.0555 e. The SMILES string of the molecule is c1ccc(-c2cccc(N(c3ccccc3-c3ccccc3)c3ccc(-c4ccc(-n5c6ccccc6c6ccccc65)cc4)c4sc5ccccc5c34)c2)cc1. The average molecular weight is 745 g/mol. The normalized spacial score (nSPS) is 11.5. The molecule has 268 valence electrons. The van der Waals surface area contributed by atoms with Gasteiger partial charge in [-0.3, -0.25) is 0 Å². The van der Waals surface area contributed by atoms with Gasteiger partial charge >= 0.3 is 0 Å². The molecule has 0 fully saturated rings. The number of nitrogens with zero attached hydrogens (tertiary/aromatic N) is 2. The van der Waals surface area contributed by atoms with Crippen LogP contribution in [0.4, 0.5) is 17.1 Å². The van der Waals surface area contributed by atoms with Gasteiger partial charge < -0.3 is 9.47 Å². The third kappa shape index (κ3) is 5.63. The summed E-state index contributed by atoms with van der Waals surface area (Å²) >= 11 is 1.88. The van der Waals surface area contributed by atoms with Crippen LogP contribution in [0.3, 0.4) is 0 Å². The van der Waals surface area contributed by atoms with Crippen LogP contribution in [0.5, 0.6) is 0 Å². The number of hydrogen-bond donors (Lipinski definition) is 0. The lowest BCUT2D eigenvalue weighted by Gasteiger charge is -2.29. The Balaban J connectivity index is 1.12. The first-order chi connectivity index (χ1) is 28.3. The number of hydrogen-bond acceptors (Lipinski definition) is 2. The first-order valence-corrected chi connectivity index (χ1v) is 20.3. The van der Waals surface area contributed by atoms with Crippen molar-refractivity contribution in [2.45, 2.75) is 0 Å². The van der Waals surface area contributed by atoms with Crippen LogP contribution >= 0.6 is 11.3 Å². The Morgan fingerprint density at radius 1 is 0.368 bits per heavy atom. The Bertz CT molecular complexity index is 3180. The minimum atomic E-state index is 1.11. The largest absolute Gasteiger partial charge is 0.309 e. The van der Waals surface area contributed by atoms with Gasteiger partial charge in [0.25, 0.3) is 0 Å². The maximum atomic E-state index is 2.48. The second kappa shape index (κ2) is 13.8. The van der Waals surface area contributed by atoms with E-state index in [-0.39, 0.29) is 0 Å². The highest BCUT2D eigenvalue weighted by atomic mass is 32.1. The quantitative estimate of drug-likeness (QED) is 0.158. The molecule has 3 heteroatoms. The van der Waals surface area contributed by atoms with Crippen LogP contribution in [-0.4, -0.2) is 4.57 Å². The molecule has 2 heterocycles. The van der Waals surface area contributed by atoms with Crippen LogP contribution in [0.2, 0.25) is 0 Å². The first-order valence-electron chi connectivity index (χ1n) is 19.4. The van der Waals surface area contributed by atoms with E-state index in [1.807, 2.05) is 11.3 Å². The van der Waals surface area contributed by atoms with Gasteiger partial charge in [0.15, 0.2) is 0 Å². The lowest BCUT2D eigenvalue weighted by molar-refractivity contribution is 1.18. The molecular weight excluding hydrogens is 709 g/mol. The van der Waals surface area contributed by atoms with Gasteiger partial charge in [0, 0.05) is 47.9 Å². The van der Waals surface area contributed by atoms with Crippen LogP contribution in [-0.2, 0) is 0 Å². The summed E-state index contributed by atoms with van der Waals surface area (Å²) in [5.74, 6) is 0. The highest BCUT2D eigenvalue weighted by Gasteiger charge is 2.23. The topological polar surface area (TPSA) is 8.17 Å². The lowest BCUT2D eigenvalue weighted by atomic mass is 9.97. The highest BCUT2D eigenvalue weighted by Crippen LogP contribution is 2.50. The molecule has 0 N–H and O–H groups in total. The second-order valence-corrected chi connectivity index (χ2v) is 15.5. The molecule has 11 rings (SSSR count). The van der Waals surface area contributed by atoms with E-state index >= 15 is 0 Å². The zero-order chi connectivity index (χ0) is 37.7. The maximum absolute atomic E-state index is 2.48. The molecule has 2 nitrogen and oxygen atoms in total. The van der Waals surface area contributed by atoms with Gasteiger partial charge in [0.2, 0.25) is 0 Å². The first kappa shape index (κ1) is 33.2. The number of aromatic nitrogens is 1. The van der Waals surface area contributed by atoms with Gasteiger partial charge in [-0.25, -0.2) is 0 Å². The van der Waals surface area contributed by atoms with Gasteiger partial charge in [0.05, 0.1) is 22.4 Å². The number of benzene rings is 9. The number of para-hydroxylation sites is 3. The molecule has 0 saturated carbocycles. The van der Waals surface area contributed by atoms with E-state index in [0.29, 0.717) is 0 Å². The van der Waals surface area contributed by atoms with E-state index in [9.17, 15) is 0 Å². The van der Waals surface area contributed by atoms with E-state index in [2.05, 4.69) is 228 Å². The Hall–Kier alpha value is -7.20. The molecule has 0 aliphatic carbocycles. The molecule has 9 aromatic carbocycles. The number of thiophene rings is 1. The summed E-state index contributed by atoms with van der Waals surface area (Å²) < 4.78 is 4.94. The van der Waals surface area contributed by atoms with Crippen molar-refractivity contribution in [3.8, 4) is 39.1 Å². The van der Waals surface area contributed by atoms with Crippen molar-refractivity contribution in [2.24, 2.45) is 0 Å². The third-order valence-electron chi connectivity index (χ3n) is 11.2. The fourth-order valence-electron chi connectivity index (χ4n) is 8.61. The lowest BCUT2D eigenvalue weighted by Crippen LogP contribution is -2.12. The monoisotopic (exact) mass is 744 g/mol. The van der Waals surface area contributed by atoms with Crippen molar-refractivity contribution in [1.29, 1.82) is 0 Å². The molecule has 0 spiro atoms. The zero-order valence-electron chi connectivity index (χ0n) is 31.1. The minimum Gasteiger partial charge on any atom is -0.309 e. The number of fused-ring (bicyclic) bond motifs is 6. The van der Waals surface area contributed by atoms with Crippen LogP contribution < -0.4 is 4.90 Å². The predicted octanol–water partition coefficient (Wildman–Crippen LogP) is 15.6. The summed E-state index contributed by atoms with van der Waals surface area (Å²) in [5, 5.41) is 5.06. The Kier molecular flexibility index (Phi) is 8.04. The Labute approximate surface area is 335 Å². The minimum absolute atomic E-state index is 1.11. The number of rotatable bonds is 7. The van der Waals surface area contributed by atoms with Gasteiger partial charge in [-0.15, -0.1) is 11.3 Å². The maximum Gasteiger partial charge on any atom is 0.0555 e. The third-order valence-corrected chi connectivity index (χ3v) is 12.4. The van der Waals surface area contributed by atoms with Gasteiger partial charge in [-0.05, 0) is 82.4 Å². The summed E-state index contributed by atoms with van der Waals surface area (Å²) in [6.07, 6.45) is 0. The second-order valence-electron chi connectivity index (χ2n) is 14.5. The van der Waals surface area contributed by atoms with Crippen LogP contribution in [0.25, 0.3) is 81.0 Å². The molecule has 0 radical (unpaired) electrons. The molecule has 11 aromatic rings. The van der Waals surface area contributed by atoms with Crippen molar-refractivity contribution in [1.82, 2.24) is 4.57 Å². The Morgan fingerprint density at radius 2 is 0.947 bits per heavy atom. The van der Waals surface area contributed by atoms with Crippen molar-refractivity contribution < 1.29 is 0 Å². The van der Waals surface area contributed by atoms with Crippen molar-refractivity contribution in [3.05, 3.63) is 218 Å². The van der Waals surface area contributed by atoms with E-state index in [0.717, 1.165) is 22.7 Å². The summed E-state index contributed by atoms with van der Waals surface area (Å²) in [6, 6.07) is 79.3. The fourth-order valence-corrected chi connectivity index (χ4v) is 9.87. The predicted molar refractivity (Wildman–Crippen MR) is 245 cm³/mol. The summed E-state index contributed by atoms with van der Waals surface area (Å²) in [6.45, 7) is 0. The van der Waals surface area contributed by atoms with E-state index in [4.69, 9.17) is 0 Å². The van der Waals surface area contributed by atoms with Gasteiger partial charge in [-0.2, -0.15) is 0 Å². The van der Waals surface area contributed by atoms with Gasteiger partial charge in [0.1, 0.15) is 0 Å². The highest BCUT2D eigenvalue weighted by molar-refractivity contribution is 7.26. The molecule has 0 atom stereocenters. The molecule has 0 unspecified atom stereocenters. The summed E-state index contributed by atoms with van der Waals surface area (Å²) in [4.78, 5) is 2.48. The van der Waals surface area contributed by atoms with E-state index in [1.54, 1.807) is 0 Å². The van der Waals surface area contributed by atoms with Crippen molar-refractivity contribution >= 4 is 70.4 Å². The van der Waals surface area contributed by atoms with Crippen molar-refractivity contribution in [3.63, 3.8) is 0 Å². The van der Waals surface area contributed by atoms with E-state index < -0.39 is 0 Å². The molecule has 0 bridgehead atoms. The molecule has 0 aliphatic heterocycles. The molecule has 2 aromatic heterocycles. The van der Waals surface area contributed by atoms with Crippen LogP contribution in [0, 0.1) is 0 Å². The molecular formula is C54H36N2S. The van der Waals surface area contributed by atoms with Crippen LogP contribution in [0.15, 0.2) is 218 Å².